The Labute approximate surface area is 136 Å². The molecular weight excluding hydrogens is 286 g/mol. The summed E-state index contributed by atoms with van der Waals surface area (Å²) in [7, 11) is 2.00. The predicted octanol–water partition coefficient (Wildman–Crippen LogP) is 3.56. The van der Waals surface area contributed by atoms with Crippen molar-refractivity contribution in [1.82, 2.24) is 15.0 Å². The number of anilines is 3. The predicted molar refractivity (Wildman–Crippen MR) is 92.8 cm³/mol. The van der Waals surface area contributed by atoms with Crippen LogP contribution in [0.15, 0.2) is 60.8 Å². The van der Waals surface area contributed by atoms with Crippen LogP contribution < -0.4 is 10.2 Å². The van der Waals surface area contributed by atoms with E-state index in [0.29, 0.717) is 6.54 Å². The van der Waals surface area contributed by atoms with Crippen LogP contribution in [-0.2, 0) is 6.54 Å². The second-order valence-corrected chi connectivity index (χ2v) is 5.23. The lowest BCUT2D eigenvalue weighted by atomic mass is 10.3. The molecule has 2 aromatic heterocycles. The highest BCUT2D eigenvalue weighted by Crippen LogP contribution is 2.23. The van der Waals surface area contributed by atoms with E-state index in [9.17, 15) is 0 Å². The second kappa shape index (κ2) is 6.87. The smallest absolute Gasteiger partial charge is 0.138 e. The van der Waals surface area contributed by atoms with Gasteiger partial charge in [-0.2, -0.15) is 0 Å². The zero-order chi connectivity index (χ0) is 16.1. The van der Waals surface area contributed by atoms with Gasteiger partial charge in [0, 0.05) is 25.0 Å². The molecule has 3 rings (SSSR count). The third-order valence-electron chi connectivity index (χ3n) is 3.49. The molecule has 0 unspecified atom stereocenters. The van der Waals surface area contributed by atoms with Crippen LogP contribution in [0, 0.1) is 6.92 Å². The fraction of sp³-hybridized carbons (Fsp3) is 0.167. The summed E-state index contributed by atoms with van der Waals surface area (Å²) in [5, 5.41) is 3.31. The molecule has 0 fully saturated rings. The maximum absolute atomic E-state index is 4.52. The van der Waals surface area contributed by atoms with Crippen molar-refractivity contribution in [3.05, 3.63) is 72.3 Å². The molecular formula is C18H19N5. The molecule has 1 aromatic carbocycles. The van der Waals surface area contributed by atoms with E-state index in [1.807, 2.05) is 61.3 Å². The Morgan fingerprint density at radius 2 is 1.78 bits per heavy atom. The van der Waals surface area contributed by atoms with Gasteiger partial charge in [-0.3, -0.25) is 4.98 Å². The Morgan fingerprint density at radius 3 is 2.52 bits per heavy atom. The van der Waals surface area contributed by atoms with Gasteiger partial charge in [-0.25, -0.2) is 9.97 Å². The molecule has 0 bridgehead atoms. The molecule has 0 aliphatic heterocycles. The normalized spacial score (nSPS) is 10.3. The molecule has 0 spiro atoms. The average Bonchev–Trinajstić information content (AvgIpc) is 2.60. The Kier molecular flexibility index (Phi) is 4.47. The Hall–Kier alpha value is -2.95. The van der Waals surface area contributed by atoms with Gasteiger partial charge in [-0.15, -0.1) is 0 Å². The lowest BCUT2D eigenvalue weighted by Gasteiger charge is -2.19. The number of nitrogens with one attached hydrogen (secondary N) is 1. The van der Waals surface area contributed by atoms with Crippen LogP contribution in [0.3, 0.4) is 0 Å². The largest absolute Gasteiger partial charge is 0.364 e. The van der Waals surface area contributed by atoms with Gasteiger partial charge in [0.1, 0.15) is 17.5 Å². The van der Waals surface area contributed by atoms with Crippen LogP contribution in [0.4, 0.5) is 17.3 Å². The highest BCUT2D eigenvalue weighted by molar-refractivity contribution is 5.61. The fourth-order valence-electron chi connectivity index (χ4n) is 2.28. The first-order valence-corrected chi connectivity index (χ1v) is 7.50. The van der Waals surface area contributed by atoms with E-state index in [1.54, 1.807) is 6.20 Å². The van der Waals surface area contributed by atoms with Gasteiger partial charge >= 0.3 is 0 Å². The molecule has 116 valence electrons. The van der Waals surface area contributed by atoms with E-state index >= 15 is 0 Å². The van der Waals surface area contributed by atoms with Crippen LogP contribution in [0.25, 0.3) is 0 Å². The van der Waals surface area contributed by atoms with E-state index in [2.05, 4.69) is 32.4 Å². The van der Waals surface area contributed by atoms with Crippen molar-refractivity contribution in [3.63, 3.8) is 0 Å². The molecule has 1 N–H and O–H groups in total. The first-order chi connectivity index (χ1) is 11.2. The van der Waals surface area contributed by atoms with Crippen LogP contribution in [0.5, 0.6) is 0 Å². The standard InChI is InChI=1S/C18H19N5/c1-14-21-17(20-13-15-8-6-7-11-19-15)12-18(22-14)23(2)16-9-4-3-5-10-16/h3-12H,13H2,1-2H3,(H,20,21,22). The molecule has 5 nitrogen and oxygen atoms in total. The van der Waals surface area contributed by atoms with E-state index in [1.165, 1.54) is 0 Å². The number of aryl methyl sites for hydroxylation is 1. The van der Waals surface area contributed by atoms with Crippen molar-refractivity contribution >= 4 is 17.3 Å². The minimum atomic E-state index is 0.631. The van der Waals surface area contributed by atoms with Crippen molar-refractivity contribution in [2.75, 3.05) is 17.3 Å². The van der Waals surface area contributed by atoms with Gasteiger partial charge in [0.05, 0.1) is 12.2 Å². The molecule has 0 radical (unpaired) electrons. The summed E-state index contributed by atoms with van der Waals surface area (Å²) >= 11 is 0. The maximum Gasteiger partial charge on any atom is 0.138 e. The summed E-state index contributed by atoms with van der Waals surface area (Å²) in [6.45, 7) is 2.53. The summed E-state index contributed by atoms with van der Waals surface area (Å²) < 4.78 is 0. The second-order valence-electron chi connectivity index (χ2n) is 5.23. The zero-order valence-electron chi connectivity index (χ0n) is 13.3. The SMILES string of the molecule is Cc1nc(NCc2ccccn2)cc(N(C)c2ccccc2)n1. The van der Waals surface area contributed by atoms with Crippen molar-refractivity contribution in [1.29, 1.82) is 0 Å². The van der Waals surface area contributed by atoms with Gasteiger partial charge in [0.15, 0.2) is 0 Å². The third-order valence-corrected chi connectivity index (χ3v) is 3.49. The van der Waals surface area contributed by atoms with Crippen molar-refractivity contribution in [3.8, 4) is 0 Å². The Bertz CT molecular complexity index is 759. The molecule has 3 aromatic rings. The number of benzene rings is 1. The Balaban J connectivity index is 1.79. The van der Waals surface area contributed by atoms with Crippen LogP contribution in [0.1, 0.15) is 11.5 Å². The van der Waals surface area contributed by atoms with Gasteiger partial charge < -0.3 is 10.2 Å². The first kappa shape index (κ1) is 15.0. The lowest BCUT2D eigenvalue weighted by Crippen LogP contribution is -2.13. The van der Waals surface area contributed by atoms with E-state index < -0.39 is 0 Å². The van der Waals surface area contributed by atoms with Gasteiger partial charge in [0.25, 0.3) is 0 Å². The molecule has 0 saturated heterocycles. The zero-order valence-corrected chi connectivity index (χ0v) is 13.3. The summed E-state index contributed by atoms with van der Waals surface area (Å²) in [6, 6.07) is 18.0. The summed E-state index contributed by atoms with van der Waals surface area (Å²) in [6.07, 6.45) is 1.79. The van der Waals surface area contributed by atoms with Gasteiger partial charge in [-0.1, -0.05) is 24.3 Å². The number of nitrogens with zero attached hydrogens (tertiary/aromatic N) is 4. The monoisotopic (exact) mass is 305 g/mol. The summed E-state index contributed by atoms with van der Waals surface area (Å²) in [5.74, 6) is 2.38. The molecule has 0 atom stereocenters. The maximum atomic E-state index is 4.52. The molecule has 23 heavy (non-hydrogen) atoms. The third kappa shape index (κ3) is 3.83. The Morgan fingerprint density at radius 1 is 1.00 bits per heavy atom. The molecule has 0 aliphatic carbocycles. The molecule has 0 aliphatic rings. The summed E-state index contributed by atoms with van der Waals surface area (Å²) in [4.78, 5) is 15.3. The minimum absolute atomic E-state index is 0.631. The number of aromatic nitrogens is 3. The summed E-state index contributed by atoms with van der Waals surface area (Å²) in [5.41, 5.74) is 2.06. The first-order valence-electron chi connectivity index (χ1n) is 7.50. The minimum Gasteiger partial charge on any atom is -0.364 e. The van der Waals surface area contributed by atoms with Crippen molar-refractivity contribution in [2.24, 2.45) is 0 Å². The highest BCUT2D eigenvalue weighted by Gasteiger charge is 2.08. The van der Waals surface area contributed by atoms with E-state index in [-0.39, 0.29) is 0 Å². The van der Waals surface area contributed by atoms with Crippen LogP contribution >= 0.6 is 0 Å². The van der Waals surface area contributed by atoms with Crippen molar-refractivity contribution in [2.45, 2.75) is 13.5 Å². The average molecular weight is 305 g/mol. The number of hydrogen-bond acceptors (Lipinski definition) is 5. The molecule has 2 heterocycles. The molecule has 5 heteroatoms. The van der Waals surface area contributed by atoms with Crippen molar-refractivity contribution < 1.29 is 0 Å². The topological polar surface area (TPSA) is 53.9 Å². The van der Waals surface area contributed by atoms with Crippen LogP contribution in [-0.4, -0.2) is 22.0 Å². The van der Waals surface area contributed by atoms with E-state index in [0.717, 1.165) is 28.8 Å². The van der Waals surface area contributed by atoms with Crippen LogP contribution in [0.2, 0.25) is 0 Å². The van der Waals surface area contributed by atoms with Gasteiger partial charge in [0.2, 0.25) is 0 Å². The lowest BCUT2D eigenvalue weighted by molar-refractivity contribution is 0.979. The molecule has 0 saturated carbocycles. The highest BCUT2D eigenvalue weighted by atomic mass is 15.2. The van der Waals surface area contributed by atoms with E-state index in [4.69, 9.17) is 0 Å². The van der Waals surface area contributed by atoms with Gasteiger partial charge in [-0.05, 0) is 31.2 Å². The molecule has 0 amide bonds. The number of rotatable bonds is 5. The number of para-hydroxylation sites is 1. The number of hydrogen-bond donors (Lipinski definition) is 1. The number of pyridine rings is 1. The quantitative estimate of drug-likeness (QED) is 0.781. The fourth-order valence-corrected chi connectivity index (χ4v) is 2.28.